The van der Waals surface area contributed by atoms with E-state index in [1.807, 2.05) is 12.3 Å². The number of alkyl halides is 3. The van der Waals surface area contributed by atoms with Crippen LogP contribution in [0.15, 0.2) is 36.5 Å². The van der Waals surface area contributed by atoms with Crippen LogP contribution in [-0.2, 0) is 4.79 Å². The van der Waals surface area contributed by atoms with Gasteiger partial charge in [0.2, 0.25) is 5.91 Å². The molecule has 2 bridgehead atoms. The number of fused-ring (bicyclic) bond motifs is 3. The molecule has 0 aliphatic heterocycles. The molecule has 2 heterocycles. The molecule has 2 aliphatic rings. The van der Waals surface area contributed by atoms with E-state index < -0.39 is 6.36 Å². The van der Waals surface area contributed by atoms with Crippen molar-refractivity contribution in [3.8, 4) is 16.9 Å². The zero-order chi connectivity index (χ0) is 21.8. The van der Waals surface area contributed by atoms with Gasteiger partial charge in [0.1, 0.15) is 5.75 Å². The number of carbonyl (C=O) groups is 1. The number of ether oxygens (including phenoxy) is 1. The van der Waals surface area contributed by atoms with E-state index in [0.717, 1.165) is 18.0 Å². The molecule has 2 fully saturated rings. The molecule has 1 amide bonds. The van der Waals surface area contributed by atoms with Crippen LogP contribution in [0.1, 0.15) is 44.2 Å². The van der Waals surface area contributed by atoms with Gasteiger partial charge in [0.15, 0.2) is 11.5 Å². The lowest BCUT2D eigenvalue weighted by molar-refractivity contribution is -0.274. The number of amides is 1. The van der Waals surface area contributed by atoms with Crippen molar-refractivity contribution in [2.45, 2.75) is 44.9 Å². The summed E-state index contributed by atoms with van der Waals surface area (Å²) in [6, 6.07) is 7.48. The molecule has 2 aliphatic carbocycles. The average Bonchev–Trinajstić information content (AvgIpc) is 3.40. The standard InChI is InChI=1S/C22H21F3N4O2/c1-12(30)26-20-19(14-4-6-16(7-5-14)31-22(23,24)25)21-27-18(8-9-29(21)28-20)17-11-13-2-3-15(17)10-13/h4-9,13,15,17H,2-3,10-11H2,1H3,(H,26,28,30). The van der Waals surface area contributed by atoms with Gasteiger partial charge in [0.25, 0.3) is 0 Å². The van der Waals surface area contributed by atoms with Crippen LogP contribution in [0.3, 0.4) is 0 Å². The summed E-state index contributed by atoms with van der Waals surface area (Å²) >= 11 is 0. The first-order valence-corrected chi connectivity index (χ1v) is 10.3. The van der Waals surface area contributed by atoms with Gasteiger partial charge in [-0.25, -0.2) is 9.50 Å². The summed E-state index contributed by atoms with van der Waals surface area (Å²) in [6.45, 7) is 1.38. The van der Waals surface area contributed by atoms with E-state index in [1.54, 1.807) is 4.52 Å². The third kappa shape index (κ3) is 3.84. The minimum atomic E-state index is -4.76. The number of hydrogen-bond acceptors (Lipinski definition) is 4. The normalized spacial score (nSPS) is 22.8. The summed E-state index contributed by atoms with van der Waals surface area (Å²) < 4.78 is 43.0. The quantitative estimate of drug-likeness (QED) is 0.621. The summed E-state index contributed by atoms with van der Waals surface area (Å²) in [7, 11) is 0. The molecule has 2 aromatic heterocycles. The van der Waals surface area contributed by atoms with Crippen LogP contribution in [0.2, 0.25) is 0 Å². The van der Waals surface area contributed by atoms with Crippen molar-refractivity contribution in [2.75, 3.05) is 5.32 Å². The van der Waals surface area contributed by atoms with E-state index >= 15 is 0 Å². The Bertz CT molecular complexity index is 1140. The number of anilines is 1. The third-order valence-corrected chi connectivity index (χ3v) is 6.30. The number of rotatable bonds is 4. The van der Waals surface area contributed by atoms with Gasteiger partial charge in [0.05, 0.1) is 5.56 Å². The highest BCUT2D eigenvalue weighted by atomic mass is 19.4. The Labute approximate surface area is 176 Å². The lowest BCUT2D eigenvalue weighted by Crippen LogP contribution is -2.16. The average molecular weight is 430 g/mol. The third-order valence-electron chi connectivity index (χ3n) is 6.30. The summed E-state index contributed by atoms with van der Waals surface area (Å²) in [5.74, 6) is 1.54. The van der Waals surface area contributed by atoms with Crippen molar-refractivity contribution < 1.29 is 22.7 Å². The smallest absolute Gasteiger partial charge is 0.406 e. The van der Waals surface area contributed by atoms with Crippen molar-refractivity contribution >= 4 is 17.4 Å². The molecule has 31 heavy (non-hydrogen) atoms. The second-order valence-corrected chi connectivity index (χ2v) is 8.38. The van der Waals surface area contributed by atoms with E-state index in [9.17, 15) is 18.0 Å². The Morgan fingerprint density at radius 2 is 1.94 bits per heavy atom. The number of nitrogens with zero attached hydrogens (tertiary/aromatic N) is 3. The maximum Gasteiger partial charge on any atom is 0.573 e. The Morgan fingerprint density at radius 1 is 1.16 bits per heavy atom. The Balaban J connectivity index is 1.57. The SMILES string of the molecule is CC(=O)Nc1nn2ccc(C3CC4CCC3C4)nc2c1-c1ccc(OC(F)(F)F)cc1. The molecule has 0 radical (unpaired) electrons. The molecule has 5 rings (SSSR count). The predicted octanol–water partition coefficient (Wildman–Crippen LogP) is 5.16. The number of hydrogen-bond donors (Lipinski definition) is 1. The van der Waals surface area contributed by atoms with Crippen molar-refractivity contribution in [1.29, 1.82) is 0 Å². The molecule has 3 aromatic rings. The maximum atomic E-state index is 12.5. The van der Waals surface area contributed by atoms with Gasteiger partial charge in [-0.1, -0.05) is 18.6 Å². The summed E-state index contributed by atoms with van der Waals surface area (Å²) in [4.78, 5) is 16.6. The van der Waals surface area contributed by atoms with Crippen LogP contribution in [0, 0.1) is 11.8 Å². The van der Waals surface area contributed by atoms with Crippen LogP contribution in [0.25, 0.3) is 16.8 Å². The molecule has 1 aromatic carbocycles. The minimum Gasteiger partial charge on any atom is -0.406 e. The summed E-state index contributed by atoms with van der Waals surface area (Å²) in [6.07, 6.45) is 1.98. The van der Waals surface area contributed by atoms with Crippen LogP contribution < -0.4 is 10.1 Å². The Hall–Kier alpha value is -3.10. The van der Waals surface area contributed by atoms with Gasteiger partial charge in [-0.2, -0.15) is 0 Å². The highest BCUT2D eigenvalue weighted by Gasteiger charge is 2.41. The predicted molar refractivity (Wildman–Crippen MR) is 108 cm³/mol. The van der Waals surface area contributed by atoms with Crippen LogP contribution in [0.4, 0.5) is 19.0 Å². The molecular formula is C22H21F3N4O2. The Kier molecular flexibility index (Phi) is 4.64. The van der Waals surface area contributed by atoms with E-state index in [2.05, 4.69) is 15.2 Å². The molecule has 9 heteroatoms. The van der Waals surface area contributed by atoms with Gasteiger partial charge in [-0.3, -0.25) is 4.79 Å². The van der Waals surface area contributed by atoms with Gasteiger partial charge < -0.3 is 10.1 Å². The topological polar surface area (TPSA) is 68.5 Å². The maximum absolute atomic E-state index is 12.5. The first kappa shape index (κ1) is 19.8. The second kappa shape index (κ2) is 7.25. The molecule has 3 atom stereocenters. The fourth-order valence-corrected chi connectivity index (χ4v) is 5.10. The van der Waals surface area contributed by atoms with E-state index in [0.29, 0.717) is 34.4 Å². The van der Waals surface area contributed by atoms with Crippen LogP contribution in [-0.4, -0.2) is 26.9 Å². The fourth-order valence-electron chi connectivity index (χ4n) is 5.10. The summed E-state index contributed by atoms with van der Waals surface area (Å²) in [5, 5.41) is 7.15. The monoisotopic (exact) mass is 430 g/mol. The molecule has 6 nitrogen and oxygen atoms in total. The minimum absolute atomic E-state index is 0.296. The van der Waals surface area contributed by atoms with Gasteiger partial charge in [-0.05, 0) is 54.9 Å². The fraction of sp³-hybridized carbons (Fsp3) is 0.409. The zero-order valence-electron chi connectivity index (χ0n) is 16.8. The first-order valence-electron chi connectivity index (χ1n) is 10.3. The van der Waals surface area contributed by atoms with Crippen molar-refractivity contribution in [1.82, 2.24) is 14.6 Å². The van der Waals surface area contributed by atoms with Gasteiger partial charge in [-0.15, -0.1) is 18.3 Å². The molecule has 3 unspecified atom stereocenters. The number of carbonyl (C=O) groups excluding carboxylic acids is 1. The lowest BCUT2D eigenvalue weighted by atomic mass is 9.86. The second-order valence-electron chi connectivity index (χ2n) is 8.38. The van der Waals surface area contributed by atoms with Gasteiger partial charge >= 0.3 is 6.36 Å². The molecular weight excluding hydrogens is 409 g/mol. The molecule has 2 saturated carbocycles. The number of halogens is 3. The highest BCUT2D eigenvalue weighted by Crippen LogP contribution is 2.52. The van der Waals surface area contributed by atoms with E-state index in [4.69, 9.17) is 4.98 Å². The number of benzene rings is 1. The van der Waals surface area contributed by atoms with Crippen LogP contribution in [0.5, 0.6) is 5.75 Å². The van der Waals surface area contributed by atoms with Crippen LogP contribution >= 0.6 is 0 Å². The number of nitrogens with one attached hydrogen (secondary N) is 1. The van der Waals surface area contributed by atoms with E-state index in [1.165, 1.54) is 50.5 Å². The van der Waals surface area contributed by atoms with E-state index in [-0.39, 0.29) is 11.7 Å². The number of aromatic nitrogens is 3. The molecule has 162 valence electrons. The molecule has 0 spiro atoms. The van der Waals surface area contributed by atoms with Crippen molar-refractivity contribution in [3.63, 3.8) is 0 Å². The van der Waals surface area contributed by atoms with Crippen molar-refractivity contribution in [2.24, 2.45) is 11.8 Å². The largest absolute Gasteiger partial charge is 0.573 e. The zero-order valence-corrected chi connectivity index (χ0v) is 16.8. The Morgan fingerprint density at radius 3 is 2.55 bits per heavy atom. The summed E-state index contributed by atoms with van der Waals surface area (Å²) in [5.41, 5.74) is 2.73. The molecule has 1 N–H and O–H groups in total. The highest BCUT2D eigenvalue weighted by molar-refractivity contribution is 5.96. The lowest BCUT2D eigenvalue weighted by Gasteiger charge is -2.21. The molecule has 0 saturated heterocycles. The first-order chi connectivity index (χ1) is 14.8. The van der Waals surface area contributed by atoms with Gasteiger partial charge in [0, 0.05) is 24.7 Å². The van der Waals surface area contributed by atoms with Crippen molar-refractivity contribution in [3.05, 3.63) is 42.2 Å².